The third-order valence-corrected chi connectivity index (χ3v) is 8.86. The van der Waals surface area contributed by atoms with Gasteiger partial charge in [0, 0.05) is 38.2 Å². The fourth-order valence-electron chi connectivity index (χ4n) is 6.03. The van der Waals surface area contributed by atoms with Crippen LogP contribution in [0.5, 0.6) is 0 Å². The van der Waals surface area contributed by atoms with Crippen molar-refractivity contribution in [3.63, 3.8) is 0 Å². The van der Waals surface area contributed by atoms with Gasteiger partial charge in [-0.1, -0.05) is 6.07 Å². The summed E-state index contributed by atoms with van der Waals surface area (Å²) in [5.41, 5.74) is 0.218. The van der Waals surface area contributed by atoms with Crippen LogP contribution < -0.4 is 10.6 Å². The Balaban J connectivity index is 1.29. The summed E-state index contributed by atoms with van der Waals surface area (Å²) in [6.45, 7) is 0.294. The minimum absolute atomic E-state index is 0.119. The Morgan fingerprint density at radius 2 is 1.67 bits per heavy atom. The van der Waals surface area contributed by atoms with Crippen molar-refractivity contribution in [1.29, 1.82) is 0 Å². The minimum atomic E-state index is -3.56. The molecule has 8 heteroatoms. The van der Waals surface area contributed by atoms with Gasteiger partial charge in [0.25, 0.3) is 0 Å². The monoisotopic (exact) mass is 433 g/mol. The number of benzene rings is 1. The van der Waals surface area contributed by atoms with Gasteiger partial charge in [-0.15, -0.1) is 0 Å². The SMILES string of the molecule is CN(C)S(=O)(=O)c1cccc(NC(=O)CCNC(=O)C23CC4CC(CC(C4)C2)C3)c1. The lowest BCUT2D eigenvalue weighted by atomic mass is 9.49. The zero-order valence-corrected chi connectivity index (χ0v) is 18.5. The molecule has 0 aromatic heterocycles. The Bertz CT molecular complexity index is 906. The topological polar surface area (TPSA) is 95.6 Å². The number of hydrogen-bond donors (Lipinski definition) is 2. The fourth-order valence-corrected chi connectivity index (χ4v) is 6.98. The molecule has 4 bridgehead atoms. The van der Waals surface area contributed by atoms with Gasteiger partial charge in [0.15, 0.2) is 0 Å². The number of sulfonamides is 1. The molecule has 0 spiro atoms. The highest BCUT2D eigenvalue weighted by molar-refractivity contribution is 7.89. The predicted molar refractivity (Wildman–Crippen MR) is 114 cm³/mol. The molecule has 4 aliphatic carbocycles. The summed E-state index contributed by atoms with van der Waals surface area (Å²) < 4.78 is 25.6. The lowest BCUT2D eigenvalue weighted by Crippen LogP contribution is -2.53. The highest BCUT2D eigenvalue weighted by atomic mass is 32.2. The second-order valence-corrected chi connectivity index (χ2v) is 11.7. The van der Waals surface area contributed by atoms with E-state index in [2.05, 4.69) is 10.6 Å². The number of amides is 2. The number of carbonyl (C=O) groups is 2. The molecule has 4 saturated carbocycles. The van der Waals surface area contributed by atoms with Gasteiger partial charge in [-0.25, -0.2) is 12.7 Å². The first-order chi connectivity index (χ1) is 14.2. The molecule has 0 heterocycles. The Morgan fingerprint density at radius 3 is 2.23 bits per heavy atom. The van der Waals surface area contributed by atoms with Crippen molar-refractivity contribution in [2.24, 2.45) is 23.2 Å². The fraction of sp³-hybridized carbons (Fsp3) is 0.636. The largest absolute Gasteiger partial charge is 0.355 e. The first-order valence-electron chi connectivity index (χ1n) is 10.8. The smallest absolute Gasteiger partial charge is 0.242 e. The molecule has 0 aliphatic heterocycles. The minimum Gasteiger partial charge on any atom is -0.355 e. The Hall–Kier alpha value is -1.93. The number of nitrogens with zero attached hydrogens (tertiary/aromatic N) is 1. The molecular weight excluding hydrogens is 402 g/mol. The molecular formula is C22H31N3O4S. The maximum Gasteiger partial charge on any atom is 0.242 e. The van der Waals surface area contributed by atoms with Crippen LogP contribution >= 0.6 is 0 Å². The van der Waals surface area contributed by atoms with E-state index in [0.29, 0.717) is 30.0 Å². The van der Waals surface area contributed by atoms with Crippen molar-refractivity contribution in [3.05, 3.63) is 24.3 Å². The van der Waals surface area contributed by atoms with Crippen LogP contribution in [-0.2, 0) is 19.6 Å². The highest BCUT2D eigenvalue weighted by Gasteiger charge is 2.54. The van der Waals surface area contributed by atoms with E-state index in [4.69, 9.17) is 0 Å². The molecule has 164 valence electrons. The Labute approximate surface area is 178 Å². The summed E-state index contributed by atoms with van der Waals surface area (Å²) in [6.07, 6.45) is 7.04. The second-order valence-electron chi connectivity index (χ2n) is 9.57. The summed E-state index contributed by atoms with van der Waals surface area (Å²) in [7, 11) is -0.630. The second kappa shape index (κ2) is 7.96. The van der Waals surface area contributed by atoms with Crippen LogP contribution in [0.25, 0.3) is 0 Å². The highest BCUT2D eigenvalue weighted by Crippen LogP contribution is 2.60. The van der Waals surface area contributed by atoms with Gasteiger partial charge in [0.2, 0.25) is 21.8 Å². The molecule has 4 fully saturated rings. The molecule has 7 nitrogen and oxygen atoms in total. The molecule has 30 heavy (non-hydrogen) atoms. The number of rotatable bonds is 7. The zero-order chi connectivity index (χ0) is 21.5. The van der Waals surface area contributed by atoms with Crippen LogP contribution in [0, 0.1) is 23.2 Å². The van der Waals surface area contributed by atoms with Crippen molar-refractivity contribution in [3.8, 4) is 0 Å². The van der Waals surface area contributed by atoms with E-state index in [-0.39, 0.29) is 28.5 Å². The summed E-state index contributed by atoms with van der Waals surface area (Å²) in [5.74, 6) is 1.98. The molecule has 0 radical (unpaired) electrons. The number of nitrogens with one attached hydrogen (secondary N) is 2. The van der Waals surface area contributed by atoms with Gasteiger partial charge in [-0.05, 0) is 74.5 Å². The molecule has 4 aliphatic rings. The lowest BCUT2D eigenvalue weighted by Gasteiger charge is -2.55. The average Bonchev–Trinajstić information content (AvgIpc) is 2.67. The van der Waals surface area contributed by atoms with Crippen molar-refractivity contribution in [2.75, 3.05) is 26.0 Å². The van der Waals surface area contributed by atoms with E-state index < -0.39 is 10.0 Å². The van der Waals surface area contributed by atoms with E-state index in [9.17, 15) is 18.0 Å². The third-order valence-electron chi connectivity index (χ3n) is 7.05. The van der Waals surface area contributed by atoms with Crippen LogP contribution in [0.3, 0.4) is 0 Å². The number of hydrogen-bond acceptors (Lipinski definition) is 4. The Morgan fingerprint density at radius 1 is 1.07 bits per heavy atom. The van der Waals surface area contributed by atoms with Crippen molar-refractivity contribution < 1.29 is 18.0 Å². The maximum absolute atomic E-state index is 12.9. The maximum atomic E-state index is 12.9. The van der Waals surface area contributed by atoms with Crippen LogP contribution in [0.4, 0.5) is 5.69 Å². The molecule has 1 aromatic rings. The van der Waals surface area contributed by atoms with Crippen LogP contribution in [-0.4, -0.2) is 45.2 Å². The molecule has 1 aromatic carbocycles. The summed E-state index contributed by atoms with van der Waals surface area (Å²) in [6, 6.07) is 6.19. The van der Waals surface area contributed by atoms with Gasteiger partial charge in [0.05, 0.1) is 4.90 Å². The van der Waals surface area contributed by atoms with Crippen molar-refractivity contribution >= 4 is 27.5 Å². The normalized spacial score (nSPS) is 29.8. The molecule has 0 atom stereocenters. The van der Waals surface area contributed by atoms with Gasteiger partial charge in [-0.3, -0.25) is 9.59 Å². The number of carbonyl (C=O) groups excluding carboxylic acids is 2. The van der Waals surface area contributed by atoms with Gasteiger partial charge in [0.1, 0.15) is 0 Å². The Kier molecular flexibility index (Phi) is 5.66. The van der Waals surface area contributed by atoms with Gasteiger partial charge >= 0.3 is 0 Å². The predicted octanol–water partition coefficient (Wildman–Crippen LogP) is 2.60. The molecule has 5 rings (SSSR count). The van der Waals surface area contributed by atoms with Crippen molar-refractivity contribution in [1.82, 2.24) is 9.62 Å². The third kappa shape index (κ3) is 4.12. The molecule has 0 saturated heterocycles. The summed E-state index contributed by atoms with van der Waals surface area (Å²) in [5, 5.41) is 5.73. The summed E-state index contributed by atoms with van der Waals surface area (Å²) >= 11 is 0. The van der Waals surface area contributed by atoms with E-state index in [1.807, 2.05) is 0 Å². The summed E-state index contributed by atoms with van der Waals surface area (Å²) in [4.78, 5) is 25.4. The lowest BCUT2D eigenvalue weighted by molar-refractivity contribution is -0.146. The van der Waals surface area contributed by atoms with Crippen LogP contribution in [0.2, 0.25) is 0 Å². The van der Waals surface area contributed by atoms with Crippen LogP contribution in [0.1, 0.15) is 44.9 Å². The van der Waals surface area contributed by atoms with E-state index in [1.54, 1.807) is 12.1 Å². The standard InChI is InChI=1S/C22H31N3O4S/c1-25(2)30(28,29)19-5-3-4-18(11-19)24-20(26)6-7-23-21(27)22-12-15-8-16(13-22)10-17(9-15)14-22/h3-5,11,15-17H,6-10,12-14H2,1-2H3,(H,23,27)(H,24,26). The van der Waals surface area contributed by atoms with E-state index in [1.165, 1.54) is 45.5 Å². The van der Waals surface area contributed by atoms with Gasteiger partial charge < -0.3 is 10.6 Å². The first-order valence-corrected chi connectivity index (χ1v) is 12.2. The molecule has 2 N–H and O–H groups in total. The number of anilines is 1. The molecule has 0 unspecified atom stereocenters. The van der Waals surface area contributed by atoms with Crippen LogP contribution in [0.15, 0.2) is 29.2 Å². The van der Waals surface area contributed by atoms with Crippen molar-refractivity contribution in [2.45, 2.75) is 49.8 Å². The zero-order valence-electron chi connectivity index (χ0n) is 17.7. The first kappa shape index (κ1) is 21.3. The molecule has 2 amide bonds. The van der Waals surface area contributed by atoms with Gasteiger partial charge in [-0.2, -0.15) is 0 Å². The average molecular weight is 434 g/mol. The quantitative estimate of drug-likeness (QED) is 0.691. The van der Waals surface area contributed by atoms with E-state index >= 15 is 0 Å². The van der Waals surface area contributed by atoms with E-state index in [0.717, 1.165) is 23.6 Å².